The molecule has 0 saturated carbocycles. The van der Waals surface area contributed by atoms with Crippen LogP contribution in [0, 0.1) is 0 Å². The van der Waals surface area contributed by atoms with Crippen molar-refractivity contribution in [3.8, 4) is 0 Å². The average Bonchev–Trinajstić information content (AvgIpc) is 2.31. The molecule has 90 valence electrons. The average molecular weight is 246 g/mol. The van der Waals surface area contributed by atoms with Gasteiger partial charge in [-0.1, -0.05) is 18.2 Å². The van der Waals surface area contributed by atoms with Crippen LogP contribution in [0.4, 0.5) is 0 Å². The standard InChI is InChI=1S/C10H14O5S/c1-13-10(14-2)8-15-16(11,12)9-6-4-3-5-7-9/h3-7,10H,8H2,1-2H3. The summed E-state index contributed by atoms with van der Waals surface area (Å²) in [7, 11) is -0.917. The topological polar surface area (TPSA) is 61.8 Å². The van der Waals surface area contributed by atoms with Crippen LogP contribution in [0.2, 0.25) is 0 Å². The Balaban J connectivity index is 2.67. The van der Waals surface area contributed by atoms with E-state index in [0.717, 1.165) is 0 Å². The first-order valence-corrected chi connectivity index (χ1v) is 6.01. The minimum atomic E-state index is -3.74. The van der Waals surface area contributed by atoms with Crippen molar-refractivity contribution in [1.29, 1.82) is 0 Å². The van der Waals surface area contributed by atoms with Crippen LogP contribution >= 0.6 is 0 Å². The van der Waals surface area contributed by atoms with Gasteiger partial charge in [-0.25, -0.2) is 0 Å². The van der Waals surface area contributed by atoms with Crippen molar-refractivity contribution in [2.75, 3.05) is 20.8 Å². The van der Waals surface area contributed by atoms with Gasteiger partial charge < -0.3 is 9.47 Å². The maximum absolute atomic E-state index is 11.6. The van der Waals surface area contributed by atoms with Gasteiger partial charge in [0, 0.05) is 14.2 Å². The molecule has 0 fully saturated rings. The number of hydrogen-bond donors (Lipinski definition) is 0. The Morgan fingerprint density at radius 2 is 1.69 bits per heavy atom. The Morgan fingerprint density at radius 3 is 2.19 bits per heavy atom. The third-order valence-corrected chi connectivity index (χ3v) is 3.21. The number of ether oxygens (including phenoxy) is 2. The highest BCUT2D eigenvalue weighted by Crippen LogP contribution is 2.11. The number of methoxy groups -OCH3 is 2. The van der Waals surface area contributed by atoms with Gasteiger partial charge in [-0.15, -0.1) is 0 Å². The highest BCUT2D eigenvalue weighted by molar-refractivity contribution is 7.86. The number of rotatable bonds is 6. The molecule has 0 saturated heterocycles. The van der Waals surface area contributed by atoms with Crippen molar-refractivity contribution in [1.82, 2.24) is 0 Å². The van der Waals surface area contributed by atoms with Gasteiger partial charge in [0.15, 0.2) is 6.29 Å². The van der Waals surface area contributed by atoms with Gasteiger partial charge >= 0.3 is 0 Å². The van der Waals surface area contributed by atoms with Gasteiger partial charge in [-0.05, 0) is 12.1 Å². The first kappa shape index (κ1) is 13.1. The second kappa shape index (κ2) is 5.95. The predicted octanol–water partition coefficient (Wildman–Crippen LogP) is 1.01. The first-order chi connectivity index (χ1) is 7.60. The summed E-state index contributed by atoms with van der Waals surface area (Å²) in [4.78, 5) is 0.112. The number of benzene rings is 1. The maximum atomic E-state index is 11.6. The summed E-state index contributed by atoms with van der Waals surface area (Å²) in [5.41, 5.74) is 0. The molecule has 0 aliphatic rings. The van der Waals surface area contributed by atoms with Crippen molar-refractivity contribution in [2.45, 2.75) is 11.2 Å². The largest absolute Gasteiger partial charge is 0.354 e. The molecule has 1 aromatic rings. The van der Waals surface area contributed by atoms with Crippen LogP contribution in [0.1, 0.15) is 0 Å². The van der Waals surface area contributed by atoms with Crippen LogP contribution in [0.5, 0.6) is 0 Å². The Hall–Kier alpha value is -0.950. The molecule has 1 aromatic carbocycles. The minimum absolute atomic E-state index is 0.112. The Kier molecular flexibility index (Phi) is 4.88. The number of hydrogen-bond acceptors (Lipinski definition) is 5. The van der Waals surface area contributed by atoms with E-state index in [-0.39, 0.29) is 11.5 Å². The molecule has 5 nitrogen and oxygen atoms in total. The van der Waals surface area contributed by atoms with E-state index in [1.165, 1.54) is 26.4 Å². The Labute approximate surface area is 95.1 Å². The second-order valence-electron chi connectivity index (χ2n) is 2.95. The second-order valence-corrected chi connectivity index (χ2v) is 4.57. The molecule has 0 atom stereocenters. The van der Waals surface area contributed by atoms with Gasteiger partial charge in [-0.2, -0.15) is 8.42 Å². The lowest BCUT2D eigenvalue weighted by atomic mass is 10.4. The summed E-state index contributed by atoms with van der Waals surface area (Å²) in [6.07, 6.45) is -0.696. The van der Waals surface area contributed by atoms with Gasteiger partial charge in [-0.3, -0.25) is 4.18 Å². The molecule has 0 bridgehead atoms. The third-order valence-electron chi connectivity index (χ3n) is 1.92. The van der Waals surface area contributed by atoms with E-state index < -0.39 is 16.4 Å². The molecule has 0 N–H and O–H groups in total. The molecule has 0 aromatic heterocycles. The van der Waals surface area contributed by atoms with Crippen molar-refractivity contribution < 1.29 is 22.1 Å². The monoisotopic (exact) mass is 246 g/mol. The van der Waals surface area contributed by atoms with E-state index in [2.05, 4.69) is 0 Å². The molecule has 0 spiro atoms. The molecule has 16 heavy (non-hydrogen) atoms. The molecule has 0 amide bonds. The summed E-state index contributed by atoms with van der Waals surface area (Å²) in [6, 6.07) is 7.90. The molecule has 0 aliphatic carbocycles. The van der Waals surface area contributed by atoms with Gasteiger partial charge in [0.2, 0.25) is 0 Å². The molecule has 0 aliphatic heterocycles. The summed E-state index contributed by atoms with van der Waals surface area (Å²) in [5, 5.41) is 0. The smallest absolute Gasteiger partial charge is 0.297 e. The molecule has 1 rings (SSSR count). The van der Waals surface area contributed by atoms with Gasteiger partial charge in [0.05, 0.1) is 4.90 Å². The Bertz CT molecular complexity index is 396. The molecular formula is C10H14O5S. The zero-order valence-corrected chi connectivity index (χ0v) is 9.94. The van der Waals surface area contributed by atoms with E-state index in [4.69, 9.17) is 13.7 Å². The normalized spacial score (nSPS) is 11.9. The van der Waals surface area contributed by atoms with Crippen LogP contribution in [0.15, 0.2) is 35.2 Å². The molecule has 0 unspecified atom stereocenters. The summed E-state index contributed by atoms with van der Waals surface area (Å²) in [5.74, 6) is 0. The maximum Gasteiger partial charge on any atom is 0.297 e. The van der Waals surface area contributed by atoms with Gasteiger partial charge in [0.25, 0.3) is 10.1 Å². The Morgan fingerprint density at radius 1 is 1.12 bits per heavy atom. The van der Waals surface area contributed by atoms with Crippen LogP contribution in [-0.4, -0.2) is 35.5 Å². The minimum Gasteiger partial charge on any atom is -0.354 e. The summed E-state index contributed by atoms with van der Waals surface area (Å²) in [6.45, 7) is -0.176. The lowest BCUT2D eigenvalue weighted by molar-refractivity contribution is -0.121. The zero-order chi connectivity index (χ0) is 12.0. The SMILES string of the molecule is COC(COS(=O)(=O)c1ccccc1)OC. The fourth-order valence-corrected chi connectivity index (χ4v) is 1.95. The lowest BCUT2D eigenvalue weighted by Gasteiger charge is -2.13. The van der Waals surface area contributed by atoms with Crippen LogP contribution in [0.25, 0.3) is 0 Å². The van der Waals surface area contributed by atoms with E-state index in [1.54, 1.807) is 18.2 Å². The first-order valence-electron chi connectivity index (χ1n) is 4.60. The van der Waals surface area contributed by atoms with Crippen molar-refractivity contribution in [2.24, 2.45) is 0 Å². The highest BCUT2D eigenvalue weighted by Gasteiger charge is 2.17. The van der Waals surface area contributed by atoms with Crippen LogP contribution < -0.4 is 0 Å². The van der Waals surface area contributed by atoms with E-state index >= 15 is 0 Å². The zero-order valence-electron chi connectivity index (χ0n) is 9.12. The molecular weight excluding hydrogens is 232 g/mol. The lowest BCUT2D eigenvalue weighted by Crippen LogP contribution is -2.22. The van der Waals surface area contributed by atoms with Crippen molar-refractivity contribution in [3.05, 3.63) is 30.3 Å². The van der Waals surface area contributed by atoms with Crippen LogP contribution in [-0.2, 0) is 23.8 Å². The molecule has 0 heterocycles. The predicted molar refractivity (Wildman–Crippen MR) is 57.4 cm³/mol. The molecule has 6 heteroatoms. The van der Waals surface area contributed by atoms with E-state index in [1.807, 2.05) is 0 Å². The third kappa shape index (κ3) is 3.57. The highest BCUT2D eigenvalue weighted by atomic mass is 32.2. The summed E-state index contributed by atoms with van der Waals surface area (Å²) < 4.78 is 37.7. The van der Waals surface area contributed by atoms with E-state index in [9.17, 15) is 8.42 Å². The quantitative estimate of drug-likeness (QED) is 0.553. The fraction of sp³-hybridized carbons (Fsp3) is 0.400. The fourth-order valence-electron chi connectivity index (χ4n) is 1.03. The summed E-state index contributed by atoms with van der Waals surface area (Å²) >= 11 is 0. The van der Waals surface area contributed by atoms with Crippen molar-refractivity contribution >= 4 is 10.1 Å². The molecule has 0 radical (unpaired) electrons. The van der Waals surface area contributed by atoms with Crippen LogP contribution in [0.3, 0.4) is 0 Å². The van der Waals surface area contributed by atoms with Gasteiger partial charge in [0.1, 0.15) is 6.61 Å². The van der Waals surface area contributed by atoms with E-state index in [0.29, 0.717) is 0 Å². The van der Waals surface area contributed by atoms with Crippen molar-refractivity contribution in [3.63, 3.8) is 0 Å².